The molecule has 0 spiro atoms. The second-order valence-electron chi connectivity index (χ2n) is 5.87. The Bertz CT molecular complexity index is 668. The lowest BCUT2D eigenvalue weighted by Crippen LogP contribution is -2.39. The van der Waals surface area contributed by atoms with Crippen LogP contribution >= 0.6 is 0 Å². The summed E-state index contributed by atoms with van der Waals surface area (Å²) in [5.74, 6) is -1.15. The molecule has 2 rings (SSSR count). The van der Waals surface area contributed by atoms with Crippen molar-refractivity contribution in [1.29, 1.82) is 0 Å². The number of aryl methyl sites for hydroxylation is 2. The number of nitrogens with one attached hydrogen (secondary N) is 2. The van der Waals surface area contributed by atoms with Gasteiger partial charge in [0.25, 0.3) is 0 Å². The number of hydrogen-bond acceptors (Lipinski definition) is 2. The highest BCUT2D eigenvalue weighted by atomic mass is 16.2. The zero-order valence-electron chi connectivity index (χ0n) is 14.0. The first kappa shape index (κ1) is 17.7. The number of benzene rings is 2. The Morgan fingerprint density at radius 3 is 2.29 bits per heavy atom. The average molecular weight is 324 g/mol. The van der Waals surface area contributed by atoms with Crippen LogP contribution in [0, 0.1) is 6.92 Å². The Morgan fingerprint density at radius 1 is 0.833 bits per heavy atom. The third-order valence-corrected chi connectivity index (χ3v) is 3.76. The molecular formula is C20H24N2O2. The van der Waals surface area contributed by atoms with E-state index in [0.29, 0.717) is 13.1 Å². The molecule has 0 aliphatic rings. The maximum atomic E-state index is 11.8. The minimum Gasteiger partial charge on any atom is -0.348 e. The van der Waals surface area contributed by atoms with Crippen molar-refractivity contribution in [2.75, 3.05) is 6.54 Å². The first-order chi connectivity index (χ1) is 11.6. The molecule has 0 aliphatic carbocycles. The predicted octanol–water partition coefficient (Wildman–Crippen LogP) is 2.75. The van der Waals surface area contributed by atoms with E-state index in [-0.39, 0.29) is 0 Å². The van der Waals surface area contributed by atoms with Crippen molar-refractivity contribution >= 4 is 11.8 Å². The highest BCUT2D eigenvalue weighted by Gasteiger charge is 2.11. The molecule has 4 nitrogen and oxygen atoms in total. The highest BCUT2D eigenvalue weighted by Crippen LogP contribution is 2.04. The van der Waals surface area contributed by atoms with E-state index in [1.165, 1.54) is 5.56 Å². The van der Waals surface area contributed by atoms with Gasteiger partial charge in [-0.15, -0.1) is 0 Å². The van der Waals surface area contributed by atoms with Gasteiger partial charge in [0.15, 0.2) is 0 Å². The molecule has 2 amide bonds. The molecule has 2 aromatic rings. The molecule has 0 radical (unpaired) electrons. The number of amides is 2. The van der Waals surface area contributed by atoms with Crippen LogP contribution in [0.1, 0.15) is 29.5 Å². The summed E-state index contributed by atoms with van der Waals surface area (Å²) in [7, 11) is 0. The number of carbonyl (C=O) groups excluding carboxylic acids is 2. The molecule has 126 valence electrons. The highest BCUT2D eigenvalue weighted by molar-refractivity contribution is 6.35. The van der Waals surface area contributed by atoms with E-state index in [1.54, 1.807) is 0 Å². The lowest BCUT2D eigenvalue weighted by atomic mass is 10.1. The van der Waals surface area contributed by atoms with Gasteiger partial charge in [-0.25, -0.2) is 0 Å². The molecule has 0 heterocycles. The molecule has 2 N–H and O–H groups in total. The van der Waals surface area contributed by atoms with Gasteiger partial charge in [0.1, 0.15) is 0 Å². The molecule has 4 heteroatoms. The van der Waals surface area contributed by atoms with Gasteiger partial charge in [0.05, 0.1) is 0 Å². The molecule has 0 fully saturated rings. The average Bonchev–Trinajstić information content (AvgIpc) is 2.60. The summed E-state index contributed by atoms with van der Waals surface area (Å²) in [6, 6.07) is 18.1. The van der Waals surface area contributed by atoms with E-state index < -0.39 is 11.8 Å². The number of unbranched alkanes of at least 4 members (excludes halogenated alkanes) is 1. The molecular weight excluding hydrogens is 300 g/mol. The quantitative estimate of drug-likeness (QED) is 0.608. The third-order valence-electron chi connectivity index (χ3n) is 3.76. The monoisotopic (exact) mass is 324 g/mol. The SMILES string of the molecule is Cc1cccc(CNC(=O)C(=O)NCCCCc2ccccc2)c1. The first-order valence-electron chi connectivity index (χ1n) is 8.30. The van der Waals surface area contributed by atoms with Gasteiger partial charge >= 0.3 is 11.8 Å². The molecule has 0 saturated heterocycles. The molecule has 0 bridgehead atoms. The minimum atomic E-state index is -0.584. The lowest BCUT2D eigenvalue weighted by Gasteiger charge is -2.07. The molecule has 0 aliphatic heterocycles. The van der Waals surface area contributed by atoms with Crippen molar-refractivity contribution in [3.05, 3.63) is 71.3 Å². The van der Waals surface area contributed by atoms with Crippen molar-refractivity contribution in [2.45, 2.75) is 32.7 Å². The summed E-state index contributed by atoms with van der Waals surface area (Å²) in [4.78, 5) is 23.5. The van der Waals surface area contributed by atoms with Gasteiger partial charge in [-0.2, -0.15) is 0 Å². The van der Waals surface area contributed by atoms with Gasteiger partial charge < -0.3 is 10.6 Å². The van der Waals surface area contributed by atoms with Gasteiger partial charge in [0, 0.05) is 13.1 Å². The van der Waals surface area contributed by atoms with Crippen LogP contribution in [0.2, 0.25) is 0 Å². The van der Waals surface area contributed by atoms with Crippen LogP contribution < -0.4 is 10.6 Å². The summed E-state index contributed by atoms with van der Waals surface area (Å²) >= 11 is 0. The molecule has 0 aromatic heterocycles. The number of hydrogen-bond donors (Lipinski definition) is 2. The summed E-state index contributed by atoms with van der Waals surface area (Å²) < 4.78 is 0. The number of rotatable bonds is 7. The Hall–Kier alpha value is -2.62. The molecule has 0 atom stereocenters. The van der Waals surface area contributed by atoms with Crippen LogP contribution in [0.15, 0.2) is 54.6 Å². The van der Waals surface area contributed by atoms with Crippen LogP contribution in [0.4, 0.5) is 0 Å². The van der Waals surface area contributed by atoms with Crippen molar-refractivity contribution in [3.8, 4) is 0 Å². The molecule has 24 heavy (non-hydrogen) atoms. The Labute approximate surface area is 143 Å². The van der Waals surface area contributed by atoms with Gasteiger partial charge in [0.2, 0.25) is 0 Å². The standard InChI is InChI=1S/C20H24N2O2/c1-16-8-7-12-18(14-16)15-22-20(24)19(23)21-13-6-5-11-17-9-3-2-4-10-17/h2-4,7-10,12,14H,5-6,11,13,15H2,1H3,(H,21,23)(H,22,24). The maximum absolute atomic E-state index is 11.8. The number of carbonyl (C=O) groups is 2. The van der Waals surface area contributed by atoms with Crippen LogP contribution in [0.25, 0.3) is 0 Å². The Balaban J connectivity index is 1.60. The van der Waals surface area contributed by atoms with Crippen molar-refractivity contribution < 1.29 is 9.59 Å². The third kappa shape index (κ3) is 6.24. The van der Waals surface area contributed by atoms with Crippen LogP contribution in [-0.4, -0.2) is 18.4 Å². The van der Waals surface area contributed by atoms with Gasteiger partial charge in [-0.3, -0.25) is 9.59 Å². The van der Waals surface area contributed by atoms with E-state index in [0.717, 1.165) is 30.4 Å². The van der Waals surface area contributed by atoms with Gasteiger partial charge in [-0.1, -0.05) is 60.2 Å². The topological polar surface area (TPSA) is 58.2 Å². The smallest absolute Gasteiger partial charge is 0.309 e. The fourth-order valence-electron chi connectivity index (χ4n) is 2.47. The fourth-order valence-corrected chi connectivity index (χ4v) is 2.47. The van der Waals surface area contributed by atoms with Crippen LogP contribution in [0.3, 0.4) is 0 Å². The zero-order chi connectivity index (χ0) is 17.2. The van der Waals surface area contributed by atoms with Crippen molar-refractivity contribution in [1.82, 2.24) is 10.6 Å². The molecule has 0 unspecified atom stereocenters. The summed E-state index contributed by atoms with van der Waals surface area (Å²) in [5, 5.41) is 5.31. The van der Waals surface area contributed by atoms with Gasteiger partial charge in [-0.05, 0) is 37.3 Å². The maximum Gasteiger partial charge on any atom is 0.309 e. The molecule has 0 saturated carbocycles. The summed E-state index contributed by atoms with van der Waals surface area (Å²) in [5.41, 5.74) is 3.41. The van der Waals surface area contributed by atoms with Crippen molar-refractivity contribution in [3.63, 3.8) is 0 Å². The summed E-state index contributed by atoms with van der Waals surface area (Å²) in [6.45, 7) is 2.87. The molecule has 2 aromatic carbocycles. The van der Waals surface area contributed by atoms with Crippen molar-refractivity contribution in [2.24, 2.45) is 0 Å². The Morgan fingerprint density at radius 2 is 1.54 bits per heavy atom. The normalized spacial score (nSPS) is 10.2. The second-order valence-corrected chi connectivity index (χ2v) is 5.87. The first-order valence-corrected chi connectivity index (χ1v) is 8.30. The van der Waals surface area contributed by atoms with E-state index >= 15 is 0 Å². The van der Waals surface area contributed by atoms with E-state index in [2.05, 4.69) is 22.8 Å². The fraction of sp³-hybridized carbons (Fsp3) is 0.300. The predicted molar refractivity (Wildman–Crippen MR) is 95.4 cm³/mol. The lowest BCUT2D eigenvalue weighted by molar-refractivity contribution is -0.139. The van der Waals surface area contributed by atoms with Crippen LogP contribution in [-0.2, 0) is 22.6 Å². The van der Waals surface area contributed by atoms with E-state index in [9.17, 15) is 9.59 Å². The summed E-state index contributed by atoms with van der Waals surface area (Å²) in [6.07, 6.45) is 2.82. The largest absolute Gasteiger partial charge is 0.348 e. The zero-order valence-corrected chi connectivity index (χ0v) is 14.0. The van der Waals surface area contributed by atoms with Crippen LogP contribution in [0.5, 0.6) is 0 Å². The minimum absolute atomic E-state index is 0.363. The van der Waals surface area contributed by atoms with E-state index in [4.69, 9.17) is 0 Å². The van der Waals surface area contributed by atoms with E-state index in [1.807, 2.05) is 49.4 Å². The second kappa shape index (κ2) is 9.50. The Kier molecular flexibility index (Phi) is 7.02.